The fourth-order valence-electron chi connectivity index (χ4n) is 2.08. The van der Waals surface area contributed by atoms with Gasteiger partial charge in [-0.05, 0) is 25.5 Å². The molecule has 0 aliphatic heterocycles. The third-order valence-corrected chi connectivity index (χ3v) is 5.10. The Kier molecular flexibility index (Phi) is 2.44. The molecule has 88 valence electrons. The molecule has 0 atom stereocenters. The van der Waals surface area contributed by atoms with Gasteiger partial charge in [0.25, 0.3) is 0 Å². The quantitative estimate of drug-likeness (QED) is 0.745. The molecule has 17 heavy (non-hydrogen) atoms. The first-order chi connectivity index (χ1) is 7.97. The molecular weight excluding hydrogens is 296 g/mol. The molecule has 3 rings (SSSR count). The Morgan fingerprint density at radius 3 is 2.88 bits per heavy atom. The molecule has 2 nitrogen and oxygen atoms in total. The molecule has 2 N–H and O–H groups in total. The fraction of sp³-hybridized carbons (Fsp3) is 0.308. The molecule has 1 aromatic heterocycles. The van der Waals surface area contributed by atoms with Crippen LogP contribution in [0.25, 0.3) is 11.3 Å². The predicted octanol–water partition coefficient (Wildman–Crippen LogP) is 3.67. The van der Waals surface area contributed by atoms with E-state index in [4.69, 9.17) is 10.7 Å². The third kappa shape index (κ3) is 1.75. The van der Waals surface area contributed by atoms with Gasteiger partial charge in [0.05, 0.1) is 11.2 Å². The number of benzene rings is 1. The van der Waals surface area contributed by atoms with E-state index < -0.39 is 0 Å². The molecule has 4 heteroatoms. The lowest BCUT2D eigenvalue weighted by molar-refractivity contribution is 0.551. The first kappa shape index (κ1) is 11.4. The SMILES string of the molecule is CC(C)(N)c1nc2c(s1)Cc1c(Br)cccc1-2. The van der Waals surface area contributed by atoms with Gasteiger partial charge in [-0.25, -0.2) is 4.98 Å². The second-order valence-corrected chi connectivity index (χ2v) is 6.89. The van der Waals surface area contributed by atoms with Crippen molar-refractivity contribution in [2.75, 3.05) is 0 Å². The summed E-state index contributed by atoms with van der Waals surface area (Å²) in [7, 11) is 0. The maximum absolute atomic E-state index is 6.11. The van der Waals surface area contributed by atoms with Gasteiger partial charge in [0, 0.05) is 21.3 Å². The second-order valence-electron chi connectivity index (χ2n) is 4.96. The van der Waals surface area contributed by atoms with Crippen LogP contribution >= 0.6 is 27.3 Å². The van der Waals surface area contributed by atoms with Crippen molar-refractivity contribution in [2.45, 2.75) is 25.8 Å². The highest BCUT2D eigenvalue weighted by molar-refractivity contribution is 9.10. The first-order valence-electron chi connectivity index (χ1n) is 5.53. The second kappa shape index (κ2) is 3.64. The summed E-state index contributed by atoms with van der Waals surface area (Å²) in [6.45, 7) is 4.01. The van der Waals surface area contributed by atoms with Gasteiger partial charge in [-0.1, -0.05) is 28.1 Å². The van der Waals surface area contributed by atoms with Crippen molar-refractivity contribution >= 4 is 27.3 Å². The van der Waals surface area contributed by atoms with Crippen LogP contribution in [0.4, 0.5) is 0 Å². The largest absolute Gasteiger partial charge is 0.320 e. The number of hydrogen-bond acceptors (Lipinski definition) is 3. The number of nitrogens with two attached hydrogens (primary N) is 1. The van der Waals surface area contributed by atoms with Crippen LogP contribution in [0.15, 0.2) is 22.7 Å². The number of rotatable bonds is 1. The third-order valence-electron chi connectivity index (χ3n) is 2.96. The number of aromatic nitrogens is 1. The van der Waals surface area contributed by atoms with Crippen molar-refractivity contribution in [3.05, 3.63) is 38.1 Å². The molecule has 1 aromatic carbocycles. The molecule has 0 saturated carbocycles. The summed E-state index contributed by atoms with van der Waals surface area (Å²) in [5.41, 5.74) is 9.49. The average molecular weight is 309 g/mol. The lowest BCUT2D eigenvalue weighted by Gasteiger charge is -2.14. The highest BCUT2D eigenvalue weighted by atomic mass is 79.9. The van der Waals surface area contributed by atoms with Gasteiger partial charge in [0.15, 0.2) is 0 Å². The summed E-state index contributed by atoms with van der Waals surface area (Å²) in [5.74, 6) is 0. The lowest BCUT2D eigenvalue weighted by atomic mass is 10.1. The van der Waals surface area contributed by atoms with Gasteiger partial charge in [0.2, 0.25) is 0 Å². The summed E-state index contributed by atoms with van der Waals surface area (Å²) < 4.78 is 1.17. The minimum atomic E-state index is -0.346. The molecule has 0 amide bonds. The summed E-state index contributed by atoms with van der Waals surface area (Å²) in [6, 6.07) is 6.28. The van der Waals surface area contributed by atoms with E-state index >= 15 is 0 Å². The first-order valence-corrected chi connectivity index (χ1v) is 7.14. The Labute approximate surface area is 113 Å². The van der Waals surface area contributed by atoms with Crippen LogP contribution in [0.2, 0.25) is 0 Å². The van der Waals surface area contributed by atoms with Gasteiger partial charge >= 0.3 is 0 Å². The van der Waals surface area contributed by atoms with Crippen molar-refractivity contribution in [2.24, 2.45) is 5.73 Å². The fourth-order valence-corrected chi connectivity index (χ4v) is 3.69. The monoisotopic (exact) mass is 308 g/mol. The molecule has 0 saturated heterocycles. The molecule has 1 aliphatic carbocycles. The maximum atomic E-state index is 6.11. The van der Waals surface area contributed by atoms with Gasteiger partial charge in [-0.15, -0.1) is 11.3 Å². The van der Waals surface area contributed by atoms with Crippen LogP contribution in [0, 0.1) is 0 Å². The normalized spacial score (nSPS) is 13.6. The lowest BCUT2D eigenvalue weighted by Crippen LogP contribution is -2.28. The van der Waals surface area contributed by atoms with Gasteiger partial charge < -0.3 is 5.73 Å². The highest BCUT2D eigenvalue weighted by Gasteiger charge is 2.28. The Balaban J connectivity index is 2.16. The zero-order valence-electron chi connectivity index (χ0n) is 9.75. The van der Waals surface area contributed by atoms with E-state index in [0.717, 1.165) is 17.1 Å². The molecular formula is C13H13BrN2S. The Hall–Kier alpha value is -0.710. The van der Waals surface area contributed by atoms with Crippen LogP contribution in [-0.2, 0) is 12.0 Å². The molecule has 0 radical (unpaired) electrons. The van der Waals surface area contributed by atoms with Crippen molar-refractivity contribution in [3.8, 4) is 11.3 Å². The Morgan fingerprint density at radius 1 is 1.41 bits per heavy atom. The van der Waals surface area contributed by atoms with Crippen LogP contribution in [0.5, 0.6) is 0 Å². The summed E-state index contributed by atoms with van der Waals surface area (Å²) >= 11 is 5.34. The van der Waals surface area contributed by atoms with Gasteiger partial charge in [-0.2, -0.15) is 0 Å². The summed E-state index contributed by atoms with van der Waals surface area (Å²) in [6.07, 6.45) is 0.972. The van der Waals surface area contributed by atoms with Crippen LogP contribution in [0.3, 0.4) is 0 Å². The van der Waals surface area contributed by atoms with E-state index in [1.807, 2.05) is 13.8 Å². The van der Waals surface area contributed by atoms with Crippen molar-refractivity contribution in [1.82, 2.24) is 4.98 Å². The van der Waals surface area contributed by atoms with E-state index in [2.05, 4.69) is 34.1 Å². The molecule has 1 aliphatic rings. The van der Waals surface area contributed by atoms with E-state index in [9.17, 15) is 0 Å². The number of hydrogen-bond donors (Lipinski definition) is 1. The zero-order chi connectivity index (χ0) is 12.2. The van der Waals surface area contributed by atoms with E-state index in [0.29, 0.717) is 0 Å². The molecule has 0 spiro atoms. The Bertz CT molecular complexity index is 596. The average Bonchev–Trinajstić information content (AvgIpc) is 2.75. The molecule has 1 heterocycles. The van der Waals surface area contributed by atoms with Crippen LogP contribution in [-0.4, -0.2) is 4.98 Å². The van der Waals surface area contributed by atoms with E-state index in [-0.39, 0.29) is 5.54 Å². The maximum Gasteiger partial charge on any atom is 0.113 e. The van der Waals surface area contributed by atoms with E-state index in [1.54, 1.807) is 11.3 Å². The van der Waals surface area contributed by atoms with Crippen LogP contribution in [0.1, 0.15) is 29.3 Å². The smallest absolute Gasteiger partial charge is 0.113 e. The zero-order valence-corrected chi connectivity index (χ0v) is 12.2. The molecule has 0 bridgehead atoms. The topological polar surface area (TPSA) is 38.9 Å². The van der Waals surface area contributed by atoms with Crippen molar-refractivity contribution in [1.29, 1.82) is 0 Å². The summed E-state index contributed by atoms with van der Waals surface area (Å²) in [4.78, 5) is 6.05. The molecule has 0 unspecified atom stereocenters. The van der Waals surface area contributed by atoms with Crippen LogP contribution < -0.4 is 5.73 Å². The minimum Gasteiger partial charge on any atom is -0.320 e. The molecule has 2 aromatic rings. The highest BCUT2D eigenvalue weighted by Crippen LogP contribution is 2.43. The summed E-state index contributed by atoms with van der Waals surface area (Å²) in [5, 5.41) is 1.02. The van der Waals surface area contributed by atoms with E-state index in [1.165, 1.54) is 20.5 Å². The van der Waals surface area contributed by atoms with Crippen molar-refractivity contribution in [3.63, 3.8) is 0 Å². The predicted molar refractivity (Wildman–Crippen MR) is 75.3 cm³/mol. The molecule has 0 fully saturated rings. The number of fused-ring (bicyclic) bond motifs is 3. The number of thiazole rings is 1. The minimum absolute atomic E-state index is 0.346. The van der Waals surface area contributed by atoms with Gasteiger partial charge in [0.1, 0.15) is 5.01 Å². The standard InChI is InChI=1S/C13H13BrN2S/c1-13(2,15)12-16-11-7-4-3-5-9(14)8(7)6-10(11)17-12/h3-5H,6,15H2,1-2H3. The number of halogens is 1. The Morgan fingerprint density at radius 2 is 2.18 bits per heavy atom. The van der Waals surface area contributed by atoms with Gasteiger partial charge in [-0.3, -0.25) is 0 Å². The van der Waals surface area contributed by atoms with Crippen molar-refractivity contribution < 1.29 is 0 Å². The number of nitrogens with zero attached hydrogens (tertiary/aromatic N) is 1.